The maximum atomic E-state index is 12.2. The lowest BCUT2D eigenvalue weighted by molar-refractivity contribution is -0.121. The van der Waals surface area contributed by atoms with Crippen LogP contribution in [0.2, 0.25) is 5.02 Å². The van der Waals surface area contributed by atoms with Crippen LogP contribution in [0.25, 0.3) is 0 Å². The third-order valence-corrected chi connectivity index (χ3v) is 5.79. The van der Waals surface area contributed by atoms with Crippen molar-refractivity contribution in [2.24, 2.45) is 7.05 Å². The summed E-state index contributed by atoms with van der Waals surface area (Å²) in [6.45, 7) is 1.82. The largest absolute Gasteiger partial charge is 0.366 e. The zero-order valence-electron chi connectivity index (χ0n) is 13.6. The molecule has 1 amide bonds. The van der Waals surface area contributed by atoms with E-state index in [1.54, 1.807) is 19.4 Å². The number of carbonyl (C=O) groups excluding carboxylic acids is 1. The Morgan fingerprint density at radius 2 is 2.20 bits per heavy atom. The Labute approximate surface area is 153 Å². The van der Waals surface area contributed by atoms with Gasteiger partial charge in [0.2, 0.25) is 5.91 Å². The standard InChI is InChI=1S/C15H17ClN6O2S/c1-20-14(24)13(16)11(5-18-20)21-6-9-4-10(7-21)22(9)8-12(23)19-15-17-2-3-25-15/h2-3,5,9-10H,4,6-8H2,1H3,(H,17,19,23). The van der Waals surface area contributed by atoms with Gasteiger partial charge in [0.1, 0.15) is 5.02 Å². The van der Waals surface area contributed by atoms with Crippen LogP contribution in [0.1, 0.15) is 6.42 Å². The zero-order valence-corrected chi connectivity index (χ0v) is 15.1. The zero-order chi connectivity index (χ0) is 17.6. The van der Waals surface area contributed by atoms with E-state index in [1.165, 1.54) is 16.0 Å². The fraction of sp³-hybridized carbons (Fsp3) is 0.467. The molecule has 2 aromatic heterocycles. The van der Waals surface area contributed by atoms with E-state index in [0.717, 1.165) is 19.5 Å². The van der Waals surface area contributed by atoms with Crippen LogP contribution in [0.5, 0.6) is 0 Å². The molecule has 1 N–H and O–H groups in total. The number of nitrogens with zero attached hydrogens (tertiary/aromatic N) is 5. The molecule has 5 heterocycles. The highest BCUT2D eigenvalue weighted by Crippen LogP contribution is 2.35. The van der Waals surface area contributed by atoms with Gasteiger partial charge in [-0.25, -0.2) is 9.67 Å². The molecule has 0 aromatic carbocycles. The summed E-state index contributed by atoms with van der Waals surface area (Å²) in [4.78, 5) is 32.5. The van der Waals surface area contributed by atoms with Crippen LogP contribution in [-0.2, 0) is 11.8 Å². The summed E-state index contributed by atoms with van der Waals surface area (Å²) in [5, 5.41) is 9.52. The van der Waals surface area contributed by atoms with E-state index < -0.39 is 0 Å². The predicted octanol–water partition coefficient (Wildman–Crippen LogP) is 0.792. The molecule has 10 heteroatoms. The Hall–Kier alpha value is -1.97. The average Bonchev–Trinajstić information content (AvgIpc) is 3.10. The van der Waals surface area contributed by atoms with E-state index in [1.807, 2.05) is 5.38 Å². The normalized spacial score (nSPS) is 22.6. The first-order chi connectivity index (χ1) is 12.0. The molecule has 2 unspecified atom stereocenters. The van der Waals surface area contributed by atoms with Crippen LogP contribution >= 0.6 is 22.9 Å². The number of fused-ring (bicyclic) bond motifs is 2. The van der Waals surface area contributed by atoms with Crippen LogP contribution in [0.15, 0.2) is 22.6 Å². The number of carbonyl (C=O) groups is 1. The van der Waals surface area contributed by atoms with Crippen molar-refractivity contribution >= 4 is 39.7 Å². The predicted molar refractivity (Wildman–Crippen MR) is 96.3 cm³/mol. The van der Waals surface area contributed by atoms with E-state index >= 15 is 0 Å². The molecule has 0 saturated carbocycles. The van der Waals surface area contributed by atoms with E-state index in [0.29, 0.717) is 17.4 Å². The number of rotatable bonds is 4. The Morgan fingerprint density at radius 3 is 2.88 bits per heavy atom. The summed E-state index contributed by atoms with van der Waals surface area (Å²) < 4.78 is 1.23. The molecule has 3 aliphatic rings. The molecule has 3 saturated heterocycles. The smallest absolute Gasteiger partial charge is 0.287 e. The van der Waals surface area contributed by atoms with Crippen molar-refractivity contribution in [1.29, 1.82) is 0 Å². The van der Waals surface area contributed by atoms with Crippen molar-refractivity contribution in [3.05, 3.63) is 33.2 Å². The minimum atomic E-state index is -0.293. The molecule has 25 heavy (non-hydrogen) atoms. The number of piperazine rings is 1. The molecular formula is C15H17ClN6O2S. The Bertz CT molecular complexity index is 842. The van der Waals surface area contributed by atoms with Gasteiger partial charge in [0.25, 0.3) is 5.56 Å². The molecule has 5 rings (SSSR count). The van der Waals surface area contributed by atoms with Gasteiger partial charge in [-0.3, -0.25) is 14.5 Å². The van der Waals surface area contributed by atoms with Crippen molar-refractivity contribution in [3.63, 3.8) is 0 Å². The SMILES string of the molecule is Cn1ncc(N2CC3CC(C2)N3CC(=O)Nc2nccs2)c(Cl)c1=O. The van der Waals surface area contributed by atoms with Gasteiger partial charge in [-0.05, 0) is 6.42 Å². The Morgan fingerprint density at radius 1 is 1.44 bits per heavy atom. The van der Waals surface area contributed by atoms with Crippen molar-refractivity contribution in [2.75, 3.05) is 29.9 Å². The second kappa shape index (κ2) is 6.40. The van der Waals surface area contributed by atoms with Gasteiger partial charge in [0.05, 0.1) is 18.4 Å². The molecule has 0 spiro atoms. The fourth-order valence-electron chi connectivity index (χ4n) is 3.47. The highest BCUT2D eigenvalue weighted by atomic mass is 35.5. The lowest BCUT2D eigenvalue weighted by atomic mass is 9.87. The van der Waals surface area contributed by atoms with E-state index in [-0.39, 0.29) is 28.6 Å². The second-order valence-corrected chi connectivity index (χ2v) is 7.55. The number of halogens is 1. The lowest BCUT2D eigenvalue weighted by Gasteiger charge is -2.56. The highest BCUT2D eigenvalue weighted by Gasteiger charge is 2.45. The van der Waals surface area contributed by atoms with E-state index in [4.69, 9.17) is 11.6 Å². The van der Waals surface area contributed by atoms with Crippen molar-refractivity contribution in [3.8, 4) is 0 Å². The van der Waals surface area contributed by atoms with Gasteiger partial charge in [-0.2, -0.15) is 5.10 Å². The first-order valence-corrected chi connectivity index (χ1v) is 9.20. The number of aryl methyl sites for hydroxylation is 1. The first kappa shape index (κ1) is 16.5. The fourth-order valence-corrected chi connectivity index (χ4v) is 4.31. The molecule has 3 aliphatic heterocycles. The first-order valence-electron chi connectivity index (χ1n) is 7.95. The maximum Gasteiger partial charge on any atom is 0.287 e. The Kier molecular flexibility index (Phi) is 4.22. The number of amides is 1. The van der Waals surface area contributed by atoms with Crippen LogP contribution in [0, 0.1) is 0 Å². The highest BCUT2D eigenvalue weighted by molar-refractivity contribution is 7.13. The summed E-state index contributed by atoms with van der Waals surface area (Å²) >= 11 is 7.60. The van der Waals surface area contributed by atoms with Crippen LogP contribution in [0.4, 0.5) is 10.8 Å². The lowest BCUT2D eigenvalue weighted by Crippen LogP contribution is -2.69. The van der Waals surface area contributed by atoms with Gasteiger partial charge in [-0.1, -0.05) is 11.6 Å². The van der Waals surface area contributed by atoms with Crippen LogP contribution in [0.3, 0.4) is 0 Å². The van der Waals surface area contributed by atoms with Gasteiger partial charge in [0, 0.05) is 43.8 Å². The third kappa shape index (κ3) is 3.03. The molecule has 3 fully saturated rings. The monoisotopic (exact) mass is 380 g/mol. The van der Waals surface area contributed by atoms with Gasteiger partial charge in [-0.15, -0.1) is 11.3 Å². The van der Waals surface area contributed by atoms with Crippen LogP contribution in [-0.4, -0.2) is 57.3 Å². The topological polar surface area (TPSA) is 83.4 Å². The van der Waals surface area contributed by atoms with E-state index in [9.17, 15) is 9.59 Å². The third-order valence-electron chi connectivity index (χ3n) is 4.75. The number of piperidine rings is 1. The minimum absolute atomic E-state index is 0.0496. The van der Waals surface area contributed by atoms with Crippen molar-refractivity contribution in [2.45, 2.75) is 18.5 Å². The average molecular weight is 381 g/mol. The van der Waals surface area contributed by atoms with Crippen LogP contribution < -0.4 is 15.8 Å². The summed E-state index contributed by atoms with van der Waals surface area (Å²) in [5.74, 6) is -0.0496. The maximum absolute atomic E-state index is 12.2. The molecule has 2 aromatic rings. The molecule has 8 nitrogen and oxygen atoms in total. The van der Waals surface area contributed by atoms with Crippen molar-refractivity contribution in [1.82, 2.24) is 19.7 Å². The molecule has 0 radical (unpaired) electrons. The van der Waals surface area contributed by atoms with Gasteiger partial charge < -0.3 is 10.2 Å². The van der Waals surface area contributed by atoms with Gasteiger partial charge in [0.15, 0.2) is 5.13 Å². The molecular weight excluding hydrogens is 364 g/mol. The molecule has 0 aliphatic carbocycles. The number of hydrogen-bond acceptors (Lipinski definition) is 7. The number of aromatic nitrogens is 3. The minimum Gasteiger partial charge on any atom is -0.366 e. The molecule has 132 valence electrons. The molecule has 2 atom stereocenters. The number of hydrogen-bond donors (Lipinski definition) is 1. The van der Waals surface area contributed by atoms with E-state index in [2.05, 4.69) is 25.2 Å². The number of nitrogens with one attached hydrogen (secondary N) is 1. The quantitative estimate of drug-likeness (QED) is 0.844. The Balaban J connectivity index is 1.40. The van der Waals surface area contributed by atoms with Gasteiger partial charge >= 0.3 is 0 Å². The summed E-state index contributed by atoms with van der Waals surface area (Å²) in [5.41, 5.74) is 0.379. The molecule has 2 bridgehead atoms. The van der Waals surface area contributed by atoms with Crippen molar-refractivity contribution < 1.29 is 4.79 Å². The summed E-state index contributed by atoms with van der Waals surface area (Å²) in [7, 11) is 1.58. The summed E-state index contributed by atoms with van der Waals surface area (Å²) in [6, 6.07) is 0.557. The summed E-state index contributed by atoms with van der Waals surface area (Å²) in [6.07, 6.45) is 4.35. The second-order valence-electron chi connectivity index (χ2n) is 6.28. The number of anilines is 2. The number of thiazole rings is 1.